The maximum atomic E-state index is 12.6. The second kappa shape index (κ2) is 7.76. The Labute approximate surface area is 137 Å². The Morgan fingerprint density at radius 2 is 2.17 bits per heavy atom. The van der Waals surface area contributed by atoms with Gasteiger partial charge in [-0.3, -0.25) is 4.79 Å². The smallest absolute Gasteiger partial charge is 0.243 e. The van der Waals surface area contributed by atoms with E-state index < -0.39 is 10.0 Å². The lowest BCUT2D eigenvalue weighted by Gasteiger charge is -2.26. The van der Waals surface area contributed by atoms with Crippen molar-refractivity contribution < 1.29 is 17.9 Å². The Morgan fingerprint density at radius 1 is 1.39 bits per heavy atom. The molecule has 0 unspecified atom stereocenters. The van der Waals surface area contributed by atoms with Gasteiger partial charge in [-0.25, -0.2) is 8.42 Å². The van der Waals surface area contributed by atoms with Gasteiger partial charge in [0.05, 0.1) is 24.2 Å². The van der Waals surface area contributed by atoms with Gasteiger partial charge in [-0.2, -0.15) is 4.31 Å². The van der Waals surface area contributed by atoms with E-state index in [1.54, 1.807) is 18.2 Å². The Morgan fingerprint density at radius 3 is 2.87 bits per heavy atom. The summed E-state index contributed by atoms with van der Waals surface area (Å²) < 4.78 is 31.8. The zero-order valence-corrected chi connectivity index (χ0v) is 14.2. The number of hydrogen-bond acceptors (Lipinski definition) is 5. The van der Waals surface area contributed by atoms with Crippen molar-refractivity contribution >= 4 is 21.6 Å². The number of benzene rings is 1. The molecule has 2 N–H and O–H groups in total. The molecule has 0 aromatic heterocycles. The predicted molar refractivity (Wildman–Crippen MR) is 87.8 cm³/mol. The van der Waals surface area contributed by atoms with Crippen LogP contribution in [0.4, 0.5) is 5.69 Å². The first-order valence-corrected chi connectivity index (χ1v) is 9.06. The van der Waals surface area contributed by atoms with Crippen LogP contribution in [-0.4, -0.2) is 57.5 Å². The number of carbonyl (C=O) groups excluding carboxylic acids is 1. The van der Waals surface area contributed by atoms with Gasteiger partial charge in [0.15, 0.2) is 0 Å². The molecule has 7 nitrogen and oxygen atoms in total. The van der Waals surface area contributed by atoms with E-state index in [2.05, 4.69) is 10.6 Å². The number of anilines is 1. The van der Waals surface area contributed by atoms with Crippen molar-refractivity contribution in [2.24, 2.45) is 0 Å². The van der Waals surface area contributed by atoms with E-state index in [1.165, 1.54) is 10.4 Å². The monoisotopic (exact) mass is 341 g/mol. The van der Waals surface area contributed by atoms with E-state index in [9.17, 15) is 13.2 Å². The summed E-state index contributed by atoms with van der Waals surface area (Å²) in [4.78, 5) is 11.6. The van der Waals surface area contributed by atoms with Crippen LogP contribution in [-0.2, 0) is 19.6 Å². The normalized spacial score (nSPS) is 16.4. The van der Waals surface area contributed by atoms with E-state index in [0.29, 0.717) is 25.4 Å². The molecule has 1 aliphatic rings. The molecule has 1 aromatic rings. The highest BCUT2D eigenvalue weighted by molar-refractivity contribution is 7.89. The predicted octanol–water partition coefficient (Wildman–Crippen LogP) is 0.644. The van der Waals surface area contributed by atoms with Gasteiger partial charge in [0.25, 0.3) is 0 Å². The van der Waals surface area contributed by atoms with Crippen LogP contribution in [0.3, 0.4) is 0 Å². The lowest BCUT2D eigenvalue weighted by atomic mass is 10.3. The second-order valence-electron chi connectivity index (χ2n) is 5.56. The molecule has 1 aromatic carbocycles. The zero-order chi connectivity index (χ0) is 16.9. The number of rotatable bonds is 7. The maximum absolute atomic E-state index is 12.6. The minimum absolute atomic E-state index is 0.137. The summed E-state index contributed by atoms with van der Waals surface area (Å²) in [6.07, 6.45) is 0.161. The van der Waals surface area contributed by atoms with Crippen LogP contribution in [0.5, 0.6) is 0 Å². The van der Waals surface area contributed by atoms with Crippen molar-refractivity contribution in [3.05, 3.63) is 24.3 Å². The number of carbonyl (C=O) groups is 1. The number of ether oxygens (including phenoxy) is 1. The minimum Gasteiger partial charge on any atom is -0.383 e. The molecule has 0 bridgehead atoms. The fourth-order valence-corrected chi connectivity index (χ4v) is 3.67. The van der Waals surface area contributed by atoms with E-state index >= 15 is 0 Å². The number of sulfonamides is 1. The average molecular weight is 341 g/mol. The lowest BCUT2D eigenvalue weighted by molar-refractivity contribution is -0.122. The van der Waals surface area contributed by atoms with E-state index in [4.69, 9.17) is 4.74 Å². The lowest BCUT2D eigenvalue weighted by Crippen LogP contribution is -2.49. The molecule has 0 radical (unpaired) electrons. The highest BCUT2D eigenvalue weighted by Crippen LogP contribution is 2.20. The zero-order valence-electron chi connectivity index (χ0n) is 13.4. The standard InChI is InChI=1S/C15H23N3O4S/c1-12(2)22-9-7-16-13-4-3-5-14(10-13)23(20,21)18-8-6-17-15(19)11-18/h3-5,10,12,16H,6-9,11H2,1-2H3,(H,17,19). The van der Waals surface area contributed by atoms with E-state index in [1.807, 2.05) is 13.8 Å². The highest BCUT2D eigenvalue weighted by atomic mass is 32.2. The molecule has 128 valence electrons. The van der Waals surface area contributed by atoms with Gasteiger partial charge in [-0.15, -0.1) is 0 Å². The van der Waals surface area contributed by atoms with Crippen molar-refractivity contribution in [3.63, 3.8) is 0 Å². The van der Waals surface area contributed by atoms with Crippen LogP contribution in [0.15, 0.2) is 29.2 Å². The Hall–Kier alpha value is -1.64. The third kappa shape index (κ3) is 4.92. The SMILES string of the molecule is CC(C)OCCNc1cccc(S(=O)(=O)N2CCNC(=O)C2)c1. The van der Waals surface area contributed by atoms with Gasteiger partial charge in [0, 0.05) is 25.3 Å². The second-order valence-corrected chi connectivity index (χ2v) is 7.50. The summed E-state index contributed by atoms with van der Waals surface area (Å²) in [5.41, 5.74) is 0.708. The summed E-state index contributed by atoms with van der Waals surface area (Å²) in [6, 6.07) is 6.61. The van der Waals surface area contributed by atoms with Crippen LogP contribution in [0, 0.1) is 0 Å². The molecule has 1 heterocycles. The van der Waals surface area contributed by atoms with Gasteiger partial charge in [-0.1, -0.05) is 6.07 Å². The molecule has 23 heavy (non-hydrogen) atoms. The Bertz CT molecular complexity index is 646. The Balaban J connectivity index is 2.04. The fourth-order valence-electron chi connectivity index (χ4n) is 2.23. The number of amides is 1. The Kier molecular flexibility index (Phi) is 5.97. The number of nitrogens with zero attached hydrogens (tertiary/aromatic N) is 1. The molecule has 0 spiro atoms. The van der Waals surface area contributed by atoms with Gasteiger partial charge >= 0.3 is 0 Å². The third-order valence-electron chi connectivity index (χ3n) is 3.36. The van der Waals surface area contributed by atoms with Crippen LogP contribution in [0.2, 0.25) is 0 Å². The van der Waals surface area contributed by atoms with Crippen LogP contribution in [0.1, 0.15) is 13.8 Å². The molecule has 1 amide bonds. The molecule has 1 saturated heterocycles. The average Bonchev–Trinajstić information content (AvgIpc) is 2.52. The molecule has 0 saturated carbocycles. The van der Waals surface area contributed by atoms with Crippen molar-refractivity contribution in [2.75, 3.05) is 38.1 Å². The first-order chi connectivity index (χ1) is 10.9. The fraction of sp³-hybridized carbons (Fsp3) is 0.533. The van der Waals surface area contributed by atoms with Crippen LogP contribution < -0.4 is 10.6 Å². The van der Waals surface area contributed by atoms with Crippen molar-refractivity contribution in [1.82, 2.24) is 9.62 Å². The highest BCUT2D eigenvalue weighted by Gasteiger charge is 2.29. The molecular formula is C15H23N3O4S. The molecule has 1 aliphatic heterocycles. The van der Waals surface area contributed by atoms with E-state index in [-0.39, 0.29) is 30.0 Å². The molecule has 8 heteroatoms. The quantitative estimate of drug-likeness (QED) is 0.711. The van der Waals surface area contributed by atoms with Crippen molar-refractivity contribution in [2.45, 2.75) is 24.8 Å². The number of nitrogens with one attached hydrogen (secondary N) is 2. The topological polar surface area (TPSA) is 87.7 Å². The van der Waals surface area contributed by atoms with Crippen LogP contribution in [0.25, 0.3) is 0 Å². The summed E-state index contributed by atoms with van der Waals surface area (Å²) in [6.45, 7) is 5.54. The van der Waals surface area contributed by atoms with E-state index in [0.717, 1.165) is 0 Å². The summed E-state index contributed by atoms with van der Waals surface area (Å²) in [7, 11) is -3.66. The summed E-state index contributed by atoms with van der Waals surface area (Å²) >= 11 is 0. The molecular weight excluding hydrogens is 318 g/mol. The van der Waals surface area contributed by atoms with Gasteiger partial charge in [0.2, 0.25) is 15.9 Å². The minimum atomic E-state index is -3.66. The summed E-state index contributed by atoms with van der Waals surface area (Å²) in [5, 5.41) is 5.76. The third-order valence-corrected chi connectivity index (χ3v) is 5.20. The first-order valence-electron chi connectivity index (χ1n) is 7.62. The first kappa shape index (κ1) is 17.7. The van der Waals surface area contributed by atoms with Crippen molar-refractivity contribution in [1.29, 1.82) is 0 Å². The summed E-state index contributed by atoms with van der Waals surface area (Å²) in [5.74, 6) is -0.278. The van der Waals surface area contributed by atoms with Gasteiger partial charge in [-0.05, 0) is 32.0 Å². The molecule has 1 fully saturated rings. The van der Waals surface area contributed by atoms with Crippen LogP contribution >= 0.6 is 0 Å². The van der Waals surface area contributed by atoms with Gasteiger partial charge < -0.3 is 15.4 Å². The van der Waals surface area contributed by atoms with Gasteiger partial charge in [0.1, 0.15) is 0 Å². The van der Waals surface area contributed by atoms with Crippen molar-refractivity contribution in [3.8, 4) is 0 Å². The maximum Gasteiger partial charge on any atom is 0.243 e. The molecule has 0 aliphatic carbocycles. The number of hydrogen-bond donors (Lipinski definition) is 2. The molecule has 0 atom stereocenters. The number of piperazine rings is 1. The molecule has 2 rings (SSSR count). The largest absolute Gasteiger partial charge is 0.383 e.